The Morgan fingerprint density at radius 1 is 1.33 bits per heavy atom. The number of carbonyl (C=O) groups is 1. The molecule has 2 atom stereocenters. The molecule has 0 heterocycles. The fourth-order valence-corrected chi connectivity index (χ4v) is 2.28. The first-order valence-electron chi connectivity index (χ1n) is 5.32. The highest BCUT2D eigenvalue weighted by molar-refractivity contribution is 5.79. The molecule has 0 saturated heterocycles. The minimum Gasteiger partial charge on any atom is -0.378 e. The summed E-state index contributed by atoms with van der Waals surface area (Å²) >= 11 is 0. The number of hydrogen-bond acceptors (Lipinski definition) is 4. The van der Waals surface area contributed by atoms with Gasteiger partial charge in [0, 0.05) is 5.92 Å². The highest BCUT2D eigenvalue weighted by Gasteiger charge is 2.48. The summed E-state index contributed by atoms with van der Waals surface area (Å²) in [6.07, 6.45) is 0.866. The maximum absolute atomic E-state index is 11.4. The van der Waals surface area contributed by atoms with Crippen LogP contribution in [-0.4, -0.2) is 21.9 Å². The molecule has 0 rings (SSSR count). The van der Waals surface area contributed by atoms with Crippen LogP contribution in [0, 0.1) is 11.3 Å². The summed E-state index contributed by atoms with van der Waals surface area (Å²) in [4.78, 5) is 15.1. The standard InChI is InChI=1S/C11H22O4/c1-6-8(10(3,4)5)11(13,7-2)9(12)15-14/h8,13-14H,6-7H2,1-5H3. The first-order chi connectivity index (χ1) is 6.73. The summed E-state index contributed by atoms with van der Waals surface area (Å²) in [7, 11) is 0. The van der Waals surface area contributed by atoms with Crippen LogP contribution in [0.3, 0.4) is 0 Å². The molecule has 0 aromatic rings. The van der Waals surface area contributed by atoms with Crippen LogP contribution >= 0.6 is 0 Å². The molecule has 0 aliphatic rings. The number of aliphatic hydroxyl groups is 1. The molecule has 0 bridgehead atoms. The van der Waals surface area contributed by atoms with Crippen molar-refractivity contribution in [2.75, 3.05) is 0 Å². The Morgan fingerprint density at radius 3 is 2.00 bits per heavy atom. The Hall–Kier alpha value is -0.610. The summed E-state index contributed by atoms with van der Waals surface area (Å²) < 4.78 is 0. The number of rotatable bonds is 4. The Morgan fingerprint density at radius 2 is 1.80 bits per heavy atom. The largest absolute Gasteiger partial charge is 0.378 e. The second kappa shape index (κ2) is 4.94. The van der Waals surface area contributed by atoms with Gasteiger partial charge in [-0.15, -0.1) is 0 Å². The summed E-state index contributed by atoms with van der Waals surface area (Å²) in [5.41, 5.74) is -1.84. The van der Waals surface area contributed by atoms with E-state index in [-0.39, 0.29) is 17.8 Å². The Balaban J connectivity index is 5.15. The van der Waals surface area contributed by atoms with E-state index in [0.29, 0.717) is 6.42 Å². The summed E-state index contributed by atoms with van der Waals surface area (Å²) in [6, 6.07) is 0. The van der Waals surface area contributed by atoms with Crippen LogP contribution in [0.15, 0.2) is 0 Å². The molecule has 0 aromatic heterocycles. The number of hydrogen-bond donors (Lipinski definition) is 2. The van der Waals surface area contributed by atoms with Crippen LogP contribution < -0.4 is 0 Å². The second-order valence-electron chi connectivity index (χ2n) is 4.98. The summed E-state index contributed by atoms with van der Waals surface area (Å²) in [5, 5.41) is 18.7. The summed E-state index contributed by atoms with van der Waals surface area (Å²) in [5.74, 6) is -1.22. The van der Waals surface area contributed by atoms with Crippen LogP contribution in [0.1, 0.15) is 47.5 Å². The normalized spacial score (nSPS) is 18.1. The van der Waals surface area contributed by atoms with Crippen LogP contribution in [0.4, 0.5) is 0 Å². The van der Waals surface area contributed by atoms with Crippen molar-refractivity contribution in [3.8, 4) is 0 Å². The van der Waals surface area contributed by atoms with Crippen molar-refractivity contribution in [1.82, 2.24) is 0 Å². The van der Waals surface area contributed by atoms with E-state index >= 15 is 0 Å². The third-order valence-electron chi connectivity index (χ3n) is 3.01. The van der Waals surface area contributed by atoms with E-state index in [1.54, 1.807) is 6.92 Å². The first kappa shape index (κ1) is 14.4. The quantitative estimate of drug-likeness (QED) is 0.561. The van der Waals surface area contributed by atoms with E-state index in [2.05, 4.69) is 4.89 Å². The summed E-state index contributed by atoms with van der Waals surface area (Å²) in [6.45, 7) is 9.46. The van der Waals surface area contributed by atoms with E-state index < -0.39 is 11.6 Å². The molecule has 2 unspecified atom stereocenters. The molecule has 0 spiro atoms. The molecule has 2 N–H and O–H groups in total. The average molecular weight is 218 g/mol. The van der Waals surface area contributed by atoms with Crippen molar-refractivity contribution in [2.45, 2.75) is 53.1 Å². The maximum Gasteiger partial charge on any atom is 0.373 e. The molecule has 90 valence electrons. The lowest BCUT2D eigenvalue weighted by atomic mass is 9.68. The molecule has 0 aliphatic carbocycles. The van der Waals surface area contributed by atoms with Gasteiger partial charge in [-0.3, -0.25) is 4.89 Å². The first-order valence-corrected chi connectivity index (χ1v) is 5.32. The molecule has 0 fully saturated rings. The fourth-order valence-electron chi connectivity index (χ4n) is 2.28. The van der Waals surface area contributed by atoms with Crippen molar-refractivity contribution >= 4 is 5.97 Å². The van der Waals surface area contributed by atoms with Gasteiger partial charge in [0.25, 0.3) is 0 Å². The van der Waals surface area contributed by atoms with Gasteiger partial charge in [-0.1, -0.05) is 34.6 Å². The molecular weight excluding hydrogens is 196 g/mol. The van der Waals surface area contributed by atoms with Gasteiger partial charge in [0.05, 0.1) is 0 Å². The lowest BCUT2D eigenvalue weighted by Gasteiger charge is -2.40. The zero-order valence-corrected chi connectivity index (χ0v) is 10.2. The lowest BCUT2D eigenvalue weighted by Crippen LogP contribution is -2.50. The smallest absolute Gasteiger partial charge is 0.373 e. The van der Waals surface area contributed by atoms with E-state index in [4.69, 9.17) is 5.26 Å². The predicted octanol–water partition coefficient (Wildman–Crippen LogP) is 2.22. The molecule has 0 radical (unpaired) electrons. The highest BCUT2D eigenvalue weighted by atomic mass is 17.1. The molecular formula is C11H22O4. The van der Waals surface area contributed by atoms with Gasteiger partial charge in [-0.05, 0) is 18.3 Å². The van der Waals surface area contributed by atoms with Crippen molar-refractivity contribution in [3.05, 3.63) is 0 Å². The van der Waals surface area contributed by atoms with Gasteiger partial charge < -0.3 is 5.11 Å². The second-order valence-corrected chi connectivity index (χ2v) is 4.98. The molecule has 15 heavy (non-hydrogen) atoms. The van der Waals surface area contributed by atoms with Gasteiger partial charge in [0.1, 0.15) is 0 Å². The van der Waals surface area contributed by atoms with Gasteiger partial charge >= 0.3 is 5.97 Å². The molecule has 0 saturated carbocycles. The van der Waals surface area contributed by atoms with Crippen molar-refractivity contribution in [3.63, 3.8) is 0 Å². The van der Waals surface area contributed by atoms with E-state index in [1.165, 1.54) is 0 Å². The van der Waals surface area contributed by atoms with Gasteiger partial charge in [-0.2, -0.15) is 5.26 Å². The van der Waals surface area contributed by atoms with E-state index in [0.717, 1.165) is 0 Å². The van der Waals surface area contributed by atoms with Crippen molar-refractivity contribution < 1.29 is 20.0 Å². The van der Waals surface area contributed by atoms with Gasteiger partial charge in [0.2, 0.25) is 0 Å². The van der Waals surface area contributed by atoms with Crippen LogP contribution in [0.25, 0.3) is 0 Å². The topological polar surface area (TPSA) is 66.8 Å². The highest BCUT2D eigenvalue weighted by Crippen LogP contribution is 2.39. The monoisotopic (exact) mass is 218 g/mol. The number of carbonyl (C=O) groups excluding carboxylic acids is 1. The van der Waals surface area contributed by atoms with E-state index in [1.807, 2.05) is 27.7 Å². The minimum absolute atomic E-state index is 0.224. The average Bonchev–Trinajstić information content (AvgIpc) is 2.14. The Kier molecular flexibility index (Phi) is 4.74. The van der Waals surface area contributed by atoms with E-state index in [9.17, 15) is 9.90 Å². The zero-order chi connectivity index (χ0) is 12.3. The third-order valence-corrected chi connectivity index (χ3v) is 3.01. The van der Waals surface area contributed by atoms with Crippen LogP contribution in [0.5, 0.6) is 0 Å². The third kappa shape index (κ3) is 2.92. The van der Waals surface area contributed by atoms with Gasteiger partial charge in [0.15, 0.2) is 5.60 Å². The maximum atomic E-state index is 11.4. The van der Waals surface area contributed by atoms with Crippen molar-refractivity contribution in [1.29, 1.82) is 0 Å². The Labute approximate surface area is 91.2 Å². The SMILES string of the molecule is CCC(C(C)(C)C)C(O)(CC)C(=O)OO. The molecule has 0 aliphatic heterocycles. The van der Waals surface area contributed by atoms with Crippen LogP contribution in [0.2, 0.25) is 0 Å². The van der Waals surface area contributed by atoms with Crippen LogP contribution in [-0.2, 0) is 9.68 Å². The molecule has 4 nitrogen and oxygen atoms in total. The predicted molar refractivity (Wildman–Crippen MR) is 57.2 cm³/mol. The Bertz CT molecular complexity index is 219. The van der Waals surface area contributed by atoms with Gasteiger partial charge in [-0.25, -0.2) is 4.79 Å². The zero-order valence-electron chi connectivity index (χ0n) is 10.2. The molecule has 4 heteroatoms. The fraction of sp³-hybridized carbons (Fsp3) is 0.909. The molecule has 0 amide bonds. The molecule has 0 aromatic carbocycles. The lowest BCUT2D eigenvalue weighted by molar-refractivity contribution is -0.259. The minimum atomic E-state index is -1.61. The van der Waals surface area contributed by atoms with Crippen molar-refractivity contribution in [2.24, 2.45) is 11.3 Å².